The van der Waals surface area contributed by atoms with Gasteiger partial charge >= 0.3 is 6.03 Å². The molecule has 5 heteroatoms. The summed E-state index contributed by atoms with van der Waals surface area (Å²) in [7, 11) is 0. The molecule has 0 atom stereocenters. The fraction of sp³-hybridized carbons (Fsp3) is 0.320. The predicted molar refractivity (Wildman–Crippen MR) is 120 cm³/mol. The molecule has 0 bridgehead atoms. The number of nitrogens with one attached hydrogen (secondary N) is 1. The molecule has 0 aliphatic rings. The number of nitrogens with zero attached hydrogens (tertiary/aromatic N) is 2. The second-order valence-electron chi connectivity index (χ2n) is 8.02. The van der Waals surface area contributed by atoms with Crippen molar-refractivity contribution < 1.29 is 9.18 Å². The van der Waals surface area contributed by atoms with Crippen LogP contribution in [-0.2, 0) is 19.5 Å². The minimum Gasteiger partial charge on any atom is -0.345 e. The Hall–Kier alpha value is -3.08. The van der Waals surface area contributed by atoms with E-state index in [9.17, 15) is 9.18 Å². The standard InChI is InChI=1S/C25H30FN3O/c1-4-20-8-6-11-23(15-20)27-25(30)29(16-19(2)3)18-24-12-7-13-28(24)17-21-9-5-10-22(26)14-21/h5-15,19H,4,16-18H2,1-3H3,(H,27,30). The largest absolute Gasteiger partial charge is 0.345 e. The third-order valence-electron chi connectivity index (χ3n) is 4.98. The van der Waals surface area contributed by atoms with Crippen LogP contribution in [0.2, 0.25) is 0 Å². The van der Waals surface area contributed by atoms with E-state index in [1.165, 1.54) is 11.6 Å². The Morgan fingerprint density at radius 2 is 1.83 bits per heavy atom. The van der Waals surface area contributed by atoms with Crippen molar-refractivity contribution in [1.82, 2.24) is 9.47 Å². The lowest BCUT2D eigenvalue weighted by Gasteiger charge is -2.26. The van der Waals surface area contributed by atoms with E-state index < -0.39 is 0 Å². The second-order valence-corrected chi connectivity index (χ2v) is 8.02. The number of aromatic nitrogens is 1. The van der Waals surface area contributed by atoms with E-state index in [0.29, 0.717) is 25.6 Å². The number of anilines is 1. The molecule has 0 aliphatic carbocycles. The van der Waals surface area contributed by atoms with Crippen molar-refractivity contribution in [2.45, 2.75) is 40.3 Å². The van der Waals surface area contributed by atoms with Gasteiger partial charge in [0.2, 0.25) is 0 Å². The predicted octanol–water partition coefficient (Wildman–Crippen LogP) is 5.93. The van der Waals surface area contributed by atoms with Gasteiger partial charge in [-0.2, -0.15) is 0 Å². The fourth-order valence-corrected chi connectivity index (χ4v) is 3.51. The lowest BCUT2D eigenvalue weighted by atomic mass is 10.1. The average Bonchev–Trinajstić information content (AvgIpc) is 3.14. The maximum atomic E-state index is 13.5. The minimum atomic E-state index is -0.240. The fourth-order valence-electron chi connectivity index (χ4n) is 3.51. The number of benzene rings is 2. The SMILES string of the molecule is CCc1cccc(NC(=O)N(Cc2cccn2Cc2cccc(F)c2)CC(C)C)c1. The highest BCUT2D eigenvalue weighted by molar-refractivity contribution is 5.89. The van der Waals surface area contributed by atoms with Crippen molar-refractivity contribution in [3.63, 3.8) is 0 Å². The van der Waals surface area contributed by atoms with E-state index >= 15 is 0 Å². The molecular weight excluding hydrogens is 377 g/mol. The molecule has 1 heterocycles. The number of hydrogen-bond donors (Lipinski definition) is 1. The van der Waals surface area contributed by atoms with E-state index in [2.05, 4.69) is 36.7 Å². The number of amides is 2. The Morgan fingerprint density at radius 3 is 2.57 bits per heavy atom. The first-order valence-corrected chi connectivity index (χ1v) is 10.5. The number of hydrogen-bond acceptors (Lipinski definition) is 1. The van der Waals surface area contributed by atoms with Crippen molar-refractivity contribution in [1.29, 1.82) is 0 Å². The Bertz CT molecular complexity index is 980. The molecule has 0 radical (unpaired) electrons. The number of carbonyl (C=O) groups excluding carboxylic acids is 1. The van der Waals surface area contributed by atoms with Gasteiger partial charge < -0.3 is 14.8 Å². The Labute approximate surface area is 178 Å². The Balaban J connectivity index is 1.75. The molecule has 30 heavy (non-hydrogen) atoms. The quantitative estimate of drug-likeness (QED) is 0.494. The van der Waals surface area contributed by atoms with Crippen LogP contribution in [0.25, 0.3) is 0 Å². The number of rotatable bonds is 8. The minimum absolute atomic E-state index is 0.115. The summed E-state index contributed by atoms with van der Waals surface area (Å²) in [5.41, 5.74) is 3.90. The molecule has 2 aromatic carbocycles. The van der Waals surface area contributed by atoms with Crippen LogP contribution in [0.15, 0.2) is 66.9 Å². The Kier molecular flexibility index (Phi) is 7.28. The highest BCUT2D eigenvalue weighted by Crippen LogP contribution is 2.16. The molecule has 0 saturated heterocycles. The van der Waals surface area contributed by atoms with Crippen LogP contribution < -0.4 is 5.32 Å². The molecule has 3 rings (SSSR count). The summed E-state index contributed by atoms with van der Waals surface area (Å²) in [5.74, 6) is 0.0979. The van der Waals surface area contributed by atoms with Crippen LogP contribution >= 0.6 is 0 Å². The van der Waals surface area contributed by atoms with Crippen LogP contribution in [0.3, 0.4) is 0 Å². The van der Waals surface area contributed by atoms with Crippen molar-refractivity contribution >= 4 is 11.7 Å². The smallest absolute Gasteiger partial charge is 0.322 e. The molecule has 158 valence electrons. The third-order valence-corrected chi connectivity index (χ3v) is 4.98. The van der Waals surface area contributed by atoms with Gasteiger partial charge in [-0.05, 0) is 59.9 Å². The highest BCUT2D eigenvalue weighted by atomic mass is 19.1. The molecule has 1 N–H and O–H groups in total. The first-order valence-electron chi connectivity index (χ1n) is 10.5. The summed E-state index contributed by atoms with van der Waals surface area (Å²) >= 11 is 0. The van der Waals surface area contributed by atoms with Gasteiger partial charge in [-0.25, -0.2) is 9.18 Å². The Morgan fingerprint density at radius 1 is 1.07 bits per heavy atom. The number of aryl methyl sites for hydroxylation is 1. The van der Waals surface area contributed by atoms with E-state index in [1.54, 1.807) is 12.1 Å². The second kappa shape index (κ2) is 10.1. The van der Waals surface area contributed by atoms with Crippen LogP contribution in [0.4, 0.5) is 14.9 Å². The van der Waals surface area contributed by atoms with Crippen LogP contribution in [0.5, 0.6) is 0 Å². The van der Waals surface area contributed by atoms with Gasteiger partial charge in [-0.15, -0.1) is 0 Å². The highest BCUT2D eigenvalue weighted by Gasteiger charge is 2.17. The van der Waals surface area contributed by atoms with E-state index in [1.807, 2.05) is 47.5 Å². The normalized spacial score (nSPS) is 11.0. The summed E-state index contributed by atoms with van der Waals surface area (Å²) in [4.78, 5) is 14.9. The molecular formula is C25H30FN3O. The molecule has 0 fully saturated rings. The van der Waals surface area contributed by atoms with Crippen LogP contribution in [0, 0.1) is 11.7 Å². The van der Waals surface area contributed by atoms with Gasteiger partial charge in [-0.1, -0.05) is 45.0 Å². The molecule has 0 unspecified atom stereocenters. The summed E-state index contributed by atoms with van der Waals surface area (Å²) < 4.78 is 15.6. The molecule has 0 aliphatic heterocycles. The number of urea groups is 1. The summed E-state index contributed by atoms with van der Waals surface area (Å²) in [5, 5.41) is 3.04. The first-order chi connectivity index (χ1) is 14.4. The maximum Gasteiger partial charge on any atom is 0.322 e. The number of halogens is 1. The average molecular weight is 408 g/mol. The molecule has 1 aromatic heterocycles. The lowest BCUT2D eigenvalue weighted by Crippen LogP contribution is -2.37. The van der Waals surface area contributed by atoms with E-state index in [0.717, 1.165) is 23.4 Å². The van der Waals surface area contributed by atoms with E-state index in [-0.39, 0.29) is 11.8 Å². The maximum absolute atomic E-state index is 13.5. The summed E-state index contributed by atoms with van der Waals surface area (Å²) in [6, 6.07) is 18.4. The van der Waals surface area contributed by atoms with Crippen molar-refractivity contribution in [2.75, 3.05) is 11.9 Å². The zero-order valence-electron chi connectivity index (χ0n) is 17.9. The molecule has 0 spiro atoms. The lowest BCUT2D eigenvalue weighted by molar-refractivity contribution is 0.200. The van der Waals surface area contributed by atoms with Crippen molar-refractivity contribution in [3.05, 3.63) is 89.5 Å². The van der Waals surface area contributed by atoms with Gasteiger partial charge in [-0.3, -0.25) is 0 Å². The van der Waals surface area contributed by atoms with Gasteiger partial charge in [0.25, 0.3) is 0 Å². The van der Waals surface area contributed by atoms with Gasteiger partial charge in [0.1, 0.15) is 5.82 Å². The topological polar surface area (TPSA) is 37.3 Å². The summed E-state index contributed by atoms with van der Waals surface area (Å²) in [6.07, 6.45) is 2.89. The molecule has 3 aromatic rings. The molecule has 2 amide bonds. The zero-order valence-corrected chi connectivity index (χ0v) is 17.9. The molecule has 0 saturated carbocycles. The van der Waals surface area contributed by atoms with Crippen molar-refractivity contribution in [3.8, 4) is 0 Å². The van der Waals surface area contributed by atoms with Gasteiger partial charge in [0.15, 0.2) is 0 Å². The summed E-state index contributed by atoms with van der Waals surface area (Å²) in [6.45, 7) is 7.99. The molecule has 4 nitrogen and oxygen atoms in total. The third kappa shape index (κ3) is 5.96. The van der Waals surface area contributed by atoms with Crippen LogP contribution in [0.1, 0.15) is 37.6 Å². The number of carbonyl (C=O) groups is 1. The van der Waals surface area contributed by atoms with Crippen molar-refractivity contribution in [2.24, 2.45) is 5.92 Å². The van der Waals surface area contributed by atoms with Gasteiger partial charge in [0.05, 0.1) is 6.54 Å². The van der Waals surface area contributed by atoms with Crippen LogP contribution in [-0.4, -0.2) is 22.0 Å². The monoisotopic (exact) mass is 407 g/mol. The van der Waals surface area contributed by atoms with Gasteiger partial charge in [0, 0.05) is 30.7 Å². The first kappa shape index (κ1) is 21.6. The van der Waals surface area contributed by atoms with E-state index in [4.69, 9.17) is 0 Å². The zero-order chi connectivity index (χ0) is 21.5.